The number of carbonyl (C=O) groups excluding carboxylic acids is 2. The zero-order valence-corrected chi connectivity index (χ0v) is 15.8. The number of carbonyl (C=O) groups is 2. The van der Waals surface area contributed by atoms with E-state index >= 15 is 0 Å². The van der Waals surface area contributed by atoms with Gasteiger partial charge in [-0.2, -0.15) is 4.68 Å². The molecule has 148 valence electrons. The quantitative estimate of drug-likeness (QED) is 0.289. The summed E-state index contributed by atoms with van der Waals surface area (Å²) >= 11 is 0. The number of aromatic nitrogens is 2. The lowest BCUT2D eigenvalue weighted by Crippen LogP contribution is -2.17. The predicted octanol–water partition coefficient (Wildman–Crippen LogP) is 4.16. The molecule has 1 heterocycles. The summed E-state index contributed by atoms with van der Waals surface area (Å²) in [6, 6.07) is 19.5. The third kappa shape index (κ3) is 3.30. The van der Waals surface area contributed by atoms with Crippen molar-refractivity contribution in [3.8, 4) is 5.88 Å². The Labute approximate surface area is 170 Å². The minimum Gasteiger partial charge on any atom is -0.402 e. The molecule has 0 saturated carbocycles. The van der Waals surface area contributed by atoms with E-state index in [9.17, 15) is 19.7 Å². The summed E-state index contributed by atoms with van der Waals surface area (Å²) in [7, 11) is 0. The molecule has 0 saturated heterocycles. The van der Waals surface area contributed by atoms with Crippen LogP contribution in [0.5, 0.6) is 5.88 Å². The largest absolute Gasteiger partial charge is 0.402 e. The average Bonchev–Trinajstić information content (AvgIpc) is 3.12. The molecule has 4 rings (SSSR count). The van der Waals surface area contributed by atoms with Gasteiger partial charge in [-0.3, -0.25) is 14.9 Å². The Morgan fingerprint density at radius 3 is 2.40 bits per heavy atom. The lowest BCUT2D eigenvalue weighted by atomic mass is 10.1. The fraction of sp³-hybridized carbons (Fsp3) is 0.0455. The van der Waals surface area contributed by atoms with Gasteiger partial charge in [-0.05, 0) is 36.8 Å². The molecule has 8 heteroatoms. The number of nitro benzene ring substituents is 1. The maximum atomic E-state index is 13.2. The van der Waals surface area contributed by atoms with Crippen molar-refractivity contribution in [2.24, 2.45) is 0 Å². The summed E-state index contributed by atoms with van der Waals surface area (Å²) in [6.45, 7) is 1.61. The minimum atomic E-state index is -0.682. The number of nitrogens with zero attached hydrogens (tertiary/aromatic N) is 3. The SMILES string of the molecule is Cc1cccc([N+](=O)[O-])c1C(=O)n1nc(OC(=O)c2ccccc2)c2ccccc21. The number of para-hydroxylation sites is 1. The fourth-order valence-electron chi connectivity index (χ4n) is 3.18. The van der Waals surface area contributed by atoms with Crippen LogP contribution in [0.2, 0.25) is 0 Å². The molecule has 30 heavy (non-hydrogen) atoms. The van der Waals surface area contributed by atoms with Gasteiger partial charge in [0.15, 0.2) is 0 Å². The fourth-order valence-corrected chi connectivity index (χ4v) is 3.18. The summed E-state index contributed by atoms with van der Waals surface area (Å²) in [6.07, 6.45) is 0. The zero-order valence-electron chi connectivity index (χ0n) is 15.8. The Balaban J connectivity index is 1.81. The number of benzene rings is 3. The van der Waals surface area contributed by atoms with Crippen LogP contribution in [0.25, 0.3) is 10.9 Å². The van der Waals surface area contributed by atoms with E-state index in [1.807, 2.05) is 0 Å². The van der Waals surface area contributed by atoms with Gasteiger partial charge in [0, 0.05) is 6.07 Å². The number of nitro groups is 1. The first-order valence-corrected chi connectivity index (χ1v) is 9.01. The molecule has 0 bridgehead atoms. The number of fused-ring (bicyclic) bond motifs is 1. The van der Waals surface area contributed by atoms with Crippen molar-refractivity contribution in [2.45, 2.75) is 6.92 Å². The van der Waals surface area contributed by atoms with E-state index in [1.54, 1.807) is 67.6 Å². The van der Waals surface area contributed by atoms with Gasteiger partial charge in [-0.25, -0.2) is 4.79 Å². The molecule has 0 unspecified atom stereocenters. The van der Waals surface area contributed by atoms with Gasteiger partial charge in [0.1, 0.15) is 5.56 Å². The smallest absolute Gasteiger partial charge is 0.344 e. The number of ether oxygens (including phenoxy) is 1. The topological polar surface area (TPSA) is 104 Å². The van der Waals surface area contributed by atoms with E-state index in [2.05, 4.69) is 5.10 Å². The van der Waals surface area contributed by atoms with E-state index in [0.717, 1.165) is 4.68 Å². The van der Waals surface area contributed by atoms with E-state index in [1.165, 1.54) is 12.1 Å². The molecule has 0 aliphatic heterocycles. The van der Waals surface area contributed by atoms with Gasteiger partial charge in [0.25, 0.3) is 11.6 Å². The van der Waals surface area contributed by atoms with Crippen LogP contribution in [-0.2, 0) is 0 Å². The van der Waals surface area contributed by atoms with Gasteiger partial charge in [-0.15, -0.1) is 5.10 Å². The highest BCUT2D eigenvalue weighted by molar-refractivity contribution is 6.06. The van der Waals surface area contributed by atoms with Crippen LogP contribution in [0.15, 0.2) is 72.8 Å². The highest BCUT2D eigenvalue weighted by Crippen LogP contribution is 2.29. The molecular formula is C22H15N3O5. The third-order valence-corrected chi connectivity index (χ3v) is 4.61. The third-order valence-electron chi connectivity index (χ3n) is 4.61. The molecule has 0 atom stereocenters. The van der Waals surface area contributed by atoms with Crippen LogP contribution < -0.4 is 4.74 Å². The molecule has 1 aromatic heterocycles. The van der Waals surface area contributed by atoms with Crippen molar-refractivity contribution in [3.63, 3.8) is 0 Å². The standard InChI is InChI=1S/C22H15N3O5/c1-14-8-7-13-18(25(28)29)19(14)21(26)24-17-12-6-5-11-16(17)20(23-24)30-22(27)15-9-3-2-4-10-15/h2-13H,1H3. The van der Waals surface area contributed by atoms with Gasteiger partial charge < -0.3 is 4.74 Å². The number of esters is 1. The normalized spacial score (nSPS) is 10.7. The predicted molar refractivity (Wildman–Crippen MR) is 109 cm³/mol. The first-order valence-electron chi connectivity index (χ1n) is 9.01. The van der Waals surface area contributed by atoms with Crippen LogP contribution in [0.1, 0.15) is 26.3 Å². The van der Waals surface area contributed by atoms with Crippen LogP contribution in [-0.4, -0.2) is 26.6 Å². The maximum absolute atomic E-state index is 13.2. The van der Waals surface area contributed by atoms with Crippen LogP contribution in [0, 0.1) is 17.0 Å². The maximum Gasteiger partial charge on any atom is 0.344 e. The summed E-state index contributed by atoms with van der Waals surface area (Å²) in [5.41, 5.74) is 0.753. The summed E-state index contributed by atoms with van der Waals surface area (Å²) in [5.74, 6) is -1.36. The number of aryl methyl sites for hydroxylation is 1. The molecule has 0 aliphatic carbocycles. The molecular weight excluding hydrogens is 386 g/mol. The van der Waals surface area contributed by atoms with Crippen molar-refractivity contribution in [3.05, 3.63) is 99.6 Å². The second kappa shape index (κ2) is 7.59. The Hall–Kier alpha value is -4.33. The Bertz CT molecular complexity index is 1290. The van der Waals surface area contributed by atoms with E-state index in [4.69, 9.17) is 4.74 Å². The molecule has 4 aromatic rings. The Morgan fingerprint density at radius 1 is 0.967 bits per heavy atom. The monoisotopic (exact) mass is 401 g/mol. The van der Waals surface area contributed by atoms with Crippen LogP contribution in [0.3, 0.4) is 0 Å². The molecule has 0 spiro atoms. The molecule has 0 radical (unpaired) electrons. The first-order chi connectivity index (χ1) is 14.5. The summed E-state index contributed by atoms with van der Waals surface area (Å²) in [5, 5.41) is 16.0. The van der Waals surface area contributed by atoms with Crippen molar-refractivity contribution in [1.82, 2.24) is 9.78 Å². The lowest BCUT2D eigenvalue weighted by Gasteiger charge is -2.06. The summed E-state index contributed by atoms with van der Waals surface area (Å²) in [4.78, 5) is 36.5. The zero-order chi connectivity index (χ0) is 21.3. The molecule has 0 aliphatic rings. The van der Waals surface area contributed by atoms with Crippen LogP contribution in [0.4, 0.5) is 5.69 Å². The van der Waals surface area contributed by atoms with E-state index in [-0.39, 0.29) is 17.1 Å². The second-order valence-corrected chi connectivity index (χ2v) is 6.52. The molecule has 8 nitrogen and oxygen atoms in total. The van der Waals surface area contributed by atoms with Gasteiger partial charge in [0.05, 0.1) is 21.4 Å². The summed E-state index contributed by atoms with van der Waals surface area (Å²) < 4.78 is 6.46. The number of hydrogen-bond donors (Lipinski definition) is 0. The Morgan fingerprint density at radius 2 is 1.67 bits per heavy atom. The number of hydrogen-bond acceptors (Lipinski definition) is 6. The van der Waals surface area contributed by atoms with Crippen molar-refractivity contribution < 1.29 is 19.2 Å². The van der Waals surface area contributed by atoms with E-state index < -0.39 is 16.8 Å². The lowest BCUT2D eigenvalue weighted by molar-refractivity contribution is -0.385. The van der Waals surface area contributed by atoms with Crippen LogP contribution >= 0.6 is 0 Å². The van der Waals surface area contributed by atoms with Crippen molar-refractivity contribution >= 4 is 28.5 Å². The molecule has 0 amide bonds. The molecule has 3 aromatic carbocycles. The molecule has 0 N–H and O–H groups in total. The van der Waals surface area contributed by atoms with Gasteiger partial charge >= 0.3 is 5.97 Å². The van der Waals surface area contributed by atoms with E-state index in [0.29, 0.717) is 22.0 Å². The Kier molecular flexibility index (Phi) is 4.81. The van der Waals surface area contributed by atoms with Gasteiger partial charge in [-0.1, -0.05) is 42.5 Å². The second-order valence-electron chi connectivity index (χ2n) is 6.52. The first kappa shape index (κ1) is 19.0. The highest BCUT2D eigenvalue weighted by atomic mass is 16.6. The number of rotatable bonds is 4. The molecule has 0 fully saturated rings. The minimum absolute atomic E-state index is 0.0518. The van der Waals surface area contributed by atoms with Gasteiger partial charge in [0.2, 0.25) is 5.88 Å². The van der Waals surface area contributed by atoms with Crippen molar-refractivity contribution in [1.29, 1.82) is 0 Å². The van der Waals surface area contributed by atoms with Crippen molar-refractivity contribution in [2.75, 3.05) is 0 Å². The highest BCUT2D eigenvalue weighted by Gasteiger charge is 2.27. The average molecular weight is 401 g/mol.